The van der Waals surface area contributed by atoms with Crippen molar-refractivity contribution < 1.29 is 14.3 Å². The molecule has 2 amide bonds. The molecule has 0 atom stereocenters. The number of thioether (sulfide) groups is 2. The number of ether oxygens (including phenoxy) is 1. The maximum Gasteiger partial charge on any atom is 0.262 e. The SMILES string of the molecule is Cc1cccc(NC(=O)c2ccccc2NC(=O)COc2ccc(C3SCCS3)cc2)c1. The van der Waals surface area contributed by atoms with Crippen LogP contribution in [0.4, 0.5) is 11.4 Å². The summed E-state index contributed by atoms with van der Waals surface area (Å²) in [5, 5.41) is 5.66. The van der Waals surface area contributed by atoms with Crippen molar-refractivity contribution in [1.82, 2.24) is 0 Å². The summed E-state index contributed by atoms with van der Waals surface area (Å²) in [7, 11) is 0. The summed E-state index contributed by atoms with van der Waals surface area (Å²) >= 11 is 3.90. The van der Waals surface area contributed by atoms with Gasteiger partial charge in [-0.3, -0.25) is 9.59 Å². The number of anilines is 2. The molecule has 1 aliphatic heterocycles. The van der Waals surface area contributed by atoms with Crippen LogP contribution in [0.15, 0.2) is 72.8 Å². The zero-order chi connectivity index (χ0) is 22.3. The molecule has 0 spiro atoms. The Morgan fingerprint density at radius 1 is 0.938 bits per heavy atom. The monoisotopic (exact) mass is 464 g/mol. The van der Waals surface area contributed by atoms with Gasteiger partial charge in [0.05, 0.1) is 15.8 Å². The number of para-hydroxylation sites is 1. The maximum atomic E-state index is 12.8. The summed E-state index contributed by atoms with van der Waals surface area (Å²) in [6.45, 7) is 1.82. The number of hydrogen-bond acceptors (Lipinski definition) is 5. The second-order valence-electron chi connectivity index (χ2n) is 7.35. The summed E-state index contributed by atoms with van der Waals surface area (Å²) in [5.41, 5.74) is 3.85. The second kappa shape index (κ2) is 10.6. The standard InChI is InChI=1S/C25H24N2O3S2/c1-17-5-4-6-19(15-17)26-24(29)21-7-2-3-8-22(21)27-23(28)16-30-20-11-9-18(10-12-20)25-31-13-14-32-25/h2-12,15,25H,13-14,16H2,1H3,(H,26,29)(H,27,28). The van der Waals surface area contributed by atoms with Gasteiger partial charge in [-0.2, -0.15) is 0 Å². The van der Waals surface area contributed by atoms with Crippen LogP contribution in [0.5, 0.6) is 5.75 Å². The summed E-state index contributed by atoms with van der Waals surface area (Å²) in [5.74, 6) is 2.39. The molecule has 0 bridgehead atoms. The van der Waals surface area contributed by atoms with Crippen molar-refractivity contribution in [2.75, 3.05) is 28.7 Å². The molecule has 5 nitrogen and oxygen atoms in total. The number of carbonyl (C=O) groups is 2. The van der Waals surface area contributed by atoms with E-state index in [1.54, 1.807) is 24.3 Å². The van der Waals surface area contributed by atoms with Crippen LogP contribution in [0.1, 0.15) is 26.1 Å². The molecule has 0 aliphatic carbocycles. The normalized spacial score (nSPS) is 13.5. The van der Waals surface area contributed by atoms with Gasteiger partial charge in [-0.05, 0) is 54.4 Å². The van der Waals surface area contributed by atoms with E-state index in [1.807, 2.05) is 79.0 Å². The van der Waals surface area contributed by atoms with E-state index in [0.717, 1.165) is 5.56 Å². The lowest BCUT2D eigenvalue weighted by Gasteiger charge is -2.13. The van der Waals surface area contributed by atoms with Gasteiger partial charge in [0.15, 0.2) is 6.61 Å². The quantitative estimate of drug-likeness (QED) is 0.466. The van der Waals surface area contributed by atoms with E-state index in [2.05, 4.69) is 10.6 Å². The zero-order valence-electron chi connectivity index (χ0n) is 17.7. The molecule has 32 heavy (non-hydrogen) atoms. The fourth-order valence-electron chi connectivity index (χ4n) is 3.32. The van der Waals surface area contributed by atoms with Gasteiger partial charge in [0.2, 0.25) is 0 Å². The minimum atomic E-state index is -0.327. The Morgan fingerprint density at radius 2 is 1.69 bits per heavy atom. The van der Waals surface area contributed by atoms with Crippen LogP contribution in [0.2, 0.25) is 0 Å². The third-order valence-electron chi connectivity index (χ3n) is 4.87. The Balaban J connectivity index is 1.34. The molecule has 0 saturated carbocycles. The number of amides is 2. The van der Waals surface area contributed by atoms with Gasteiger partial charge in [0.1, 0.15) is 5.75 Å². The molecule has 0 unspecified atom stereocenters. The highest BCUT2D eigenvalue weighted by molar-refractivity contribution is 8.19. The number of aryl methyl sites for hydroxylation is 1. The fourth-order valence-corrected chi connectivity index (χ4v) is 6.18. The lowest BCUT2D eigenvalue weighted by atomic mass is 10.1. The molecular weight excluding hydrogens is 440 g/mol. The molecule has 164 valence electrons. The van der Waals surface area contributed by atoms with Crippen molar-refractivity contribution in [2.24, 2.45) is 0 Å². The van der Waals surface area contributed by atoms with E-state index >= 15 is 0 Å². The molecule has 4 rings (SSSR count). The Hall–Kier alpha value is -2.90. The van der Waals surface area contributed by atoms with Crippen molar-refractivity contribution in [3.05, 3.63) is 89.5 Å². The molecule has 1 fully saturated rings. The van der Waals surface area contributed by atoms with Crippen molar-refractivity contribution in [2.45, 2.75) is 11.5 Å². The Labute approximate surface area is 196 Å². The van der Waals surface area contributed by atoms with Gasteiger partial charge >= 0.3 is 0 Å². The lowest BCUT2D eigenvalue weighted by Crippen LogP contribution is -2.22. The molecule has 3 aromatic carbocycles. The molecule has 2 N–H and O–H groups in total. The van der Waals surface area contributed by atoms with Crippen molar-refractivity contribution >= 4 is 46.7 Å². The van der Waals surface area contributed by atoms with Crippen LogP contribution in [0.3, 0.4) is 0 Å². The van der Waals surface area contributed by atoms with Crippen molar-refractivity contribution in [3.63, 3.8) is 0 Å². The Bertz CT molecular complexity index is 1100. The minimum Gasteiger partial charge on any atom is -0.484 e. The molecule has 1 aliphatic rings. The predicted octanol–water partition coefficient (Wildman–Crippen LogP) is 5.74. The van der Waals surface area contributed by atoms with Gasteiger partial charge in [-0.25, -0.2) is 0 Å². The average Bonchev–Trinajstić information content (AvgIpc) is 3.33. The van der Waals surface area contributed by atoms with Gasteiger partial charge in [-0.15, -0.1) is 23.5 Å². The van der Waals surface area contributed by atoms with Crippen LogP contribution in [-0.2, 0) is 4.79 Å². The smallest absolute Gasteiger partial charge is 0.262 e. The lowest BCUT2D eigenvalue weighted by molar-refractivity contribution is -0.118. The van der Waals surface area contributed by atoms with Crippen LogP contribution in [-0.4, -0.2) is 29.9 Å². The number of hydrogen-bond donors (Lipinski definition) is 2. The van der Waals surface area contributed by atoms with Crippen LogP contribution in [0, 0.1) is 6.92 Å². The average molecular weight is 465 g/mol. The van der Waals surface area contributed by atoms with Crippen LogP contribution >= 0.6 is 23.5 Å². The molecule has 1 saturated heterocycles. The summed E-state index contributed by atoms with van der Waals surface area (Å²) in [4.78, 5) is 25.2. The molecular formula is C25H24N2O3S2. The van der Waals surface area contributed by atoms with E-state index < -0.39 is 0 Å². The first kappa shape index (κ1) is 22.3. The summed E-state index contributed by atoms with van der Waals surface area (Å²) in [6, 6.07) is 22.4. The van der Waals surface area contributed by atoms with E-state index in [9.17, 15) is 9.59 Å². The number of carbonyl (C=O) groups excluding carboxylic acids is 2. The van der Waals surface area contributed by atoms with Crippen LogP contribution < -0.4 is 15.4 Å². The van der Waals surface area contributed by atoms with E-state index in [4.69, 9.17) is 4.74 Å². The summed E-state index contributed by atoms with van der Waals surface area (Å²) < 4.78 is 6.12. The van der Waals surface area contributed by atoms with Gasteiger partial charge in [-0.1, -0.05) is 36.4 Å². The van der Waals surface area contributed by atoms with Crippen molar-refractivity contribution in [1.29, 1.82) is 0 Å². The van der Waals surface area contributed by atoms with Gasteiger partial charge in [0.25, 0.3) is 11.8 Å². The van der Waals surface area contributed by atoms with Gasteiger partial charge < -0.3 is 15.4 Å². The first-order valence-corrected chi connectivity index (χ1v) is 12.4. The number of nitrogens with one attached hydrogen (secondary N) is 2. The maximum absolute atomic E-state index is 12.8. The molecule has 0 aromatic heterocycles. The first-order valence-electron chi connectivity index (χ1n) is 10.3. The predicted molar refractivity (Wildman–Crippen MR) is 134 cm³/mol. The molecule has 0 radical (unpaired) electrons. The zero-order valence-corrected chi connectivity index (χ0v) is 19.3. The van der Waals surface area contributed by atoms with E-state index in [0.29, 0.717) is 27.3 Å². The third-order valence-corrected chi connectivity index (χ3v) is 7.97. The first-order chi connectivity index (χ1) is 15.6. The van der Waals surface area contributed by atoms with E-state index in [-0.39, 0.29) is 18.4 Å². The second-order valence-corrected chi connectivity index (χ2v) is 10.1. The third kappa shape index (κ3) is 5.87. The van der Waals surface area contributed by atoms with Crippen molar-refractivity contribution in [3.8, 4) is 5.75 Å². The van der Waals surface area contributed by atoms with Crippen LogP contribution in [0.25, 0.3) is 0 Å². The largest absolute Gasteiger partial charge is 0.484 e. The Morgan fingerprint density at radius 3 is 2.44 bits per heavy atom. The molecule has 7 heteroatoms. The Kier molecular flexibility index (Phi) is 7.39. The number of rotatable bonds is 7. The molecule has 1 heterocycles. The topological polar surface area (TPSA) is 67.4 Å². The highest BCUT2D eigenvalue weighted by Crippen LogP contribution is 2.45. The fraction of sp³-hybridized carbons (Fsp3) is 0.200. The summed E-state index contributed by atoms with van der Waals surface area (Å²) in [6.07, 6.45) is 0. The number of benzene rings is 3. The van der Waals surface area contributed by atoms with E-state index in [1.165, 1.54) is 17.1 Å². The highest BCUT2D eigenvalue weighted by Gasteiger charge is 2.18. The molecule has 3 aromatic rings. The van der Waals surface area contributed by atoms with Gasteiger partial charge in [0, 0.05) is 17.2 Å². The highest BCUT2D eigenvalue weighted by atomic mass is 32.2. The minimum absolute atomic E-state index is 0.139.